The van der Waals surface area contributed by atoms with Gasteiger partial charge in [-0.05, 0) is 87.2 Å². The molecule has 1 fully saturated rings. The first kappa shape index (κ1) is 42.5. The summed E-state index contributed by atoms with van der Waals surface area (Å²) in [6.07, 6.45) is -0.792. The number of sulfonamides is 1. The number of hydrogen-bond donors (Lipinski definition) is 2. The standard InChI is InChI=1S/C41H45ClN4O10S/c1-6-21-54-30-15-9-27(10-16-30)22-35(38(47)44-57(52,53)33-19-20-34(42)36(24-33)46(50)51)43-39(48)37-23-32(25-45(37)40(49)56-41(3,4)5)55-31-17-13-29(14-18-31)28-11-7-26(2)8-12-28/h7-20,24,32,35,37H,6,21-23,25H2,1-5H3,(H,43,48)(H,44,47)/t32-,35-,37-/m0/s1. The minimum absolute atomic E-state index is 0.0213. The van der Waals surface area contributed by atoms with Crippen LogP contribution in [-0.2, 0) is 30.8 Å². The molecule has 0 bridgehead atoms. The number of nitro benzene ring substituents is 1. The van der Waals surface area contributed by atoms with Crippen LogP contribution in [0.1, 0.15) is 51.7 Å². The maximum absolute atomic E-state index is 14.2. The Morgan fingerprint density at radius 2 is 1.56 bits per heavy atom. The Balaban J connectivity index is 1.39. The molecule has 0 aliphatic carbocycles. The van der Waals surface area contributed by atoms with Crippen molar-refractivity contribution in [1.29, 1.82) is 0 Å². The van der Waals surface area contributed by atoms with Crippen molar-refractivity contribution in [1.82, 2.24) is 14.9 Å². The van der Waals surface area contributed by atoms with Gasteiger partial charge in [0.15, 0.2) is 0 Å². The van der Waals surface area contributed by atoms with Crippen LogP contribution in [0, 0.1) is 17.0 Å². The summed E-state index contributed by atoms with van der Waals surface area (Å²) in [5, 5.41) is 13.8. The summed E-state index contributed by atoms with van der Waals surface area (Å²) in [4.78, 5) is 52.7. The highest BCUT2D eigenvalue weighted by molar-refractivity contribution is 7.90. The van der Waals surface area contributed by atoms with E-state index < -0.39 is 67.2 Å². The number of hydrogen-bond acceptors (Lipinski definition) is 10. The quantitative estimate of drug-likeness (QED) is 0.0992. The number of carbonyl (C=O) groups is 3. The van der Waals surface area contributed by atoms with Crippen molar-refractivity contribution < 1.29 is 41.9 Å². The average Bonchev–Trinajstić information content (AvgIpc) is 3.58. The molecule has 1 aliphatic heterocycles. The molecule has 1 heterocycles. The molecule has 1 aliphatic rings. The van der Waals surface area contributed by atoms with Crippen molar-refractivity contribution in [2.75, 3.05) is 13.2 Å². The van der Waals surface area contributed by atoms with Crippen LogP contribution in [0.3, 0.4) is 0 Å². The molecule has 0 unspecified atom stereocenters. The molecule has 14 nitrogen and oxygen atoms in total. The van der Waals surface area contributed by atoms with Crippen molar-refractivity contribution in [3.63, 3.8) is 0 Å². The first-order valence-corrected chi connectivity index (χ1v) is 20.1. The van der Waals surface area contributed by atoms with E-state index in [1.54, 1.807) is 57.2 Å². The molecule has 0 spiro atoms. The van der Waals surface area contributed by atoms with Gasteiger partial charge in [-0.2, -0.15) is 0 Å². The van der Waals surface area contributed by atoms with Crippen LogP contribution in [0.5, 0.6) is 11.5 Å². The van der Waals surface area contributed by atoms with Gasteiger partial charge in [-0.3, -0.25) is 24.6 Å². The van der Waals surface area contributed by atoms with Crippen LogP contribution in [0.2, 0.25) is 5.02 Å². The van der Waals surface area contributed by atoms with E-state index in [-0.39, 0.29) is 24.4 Å². The van der Waals surface area contributed by atoms with E-state index in [2.05, 4.69) is 5.32 Å². The Morgan fingerprint density at radius 1 is 0.947 bits per heavy atom. The number of nitrogens with one attached hydrogen (secondary N) is 2. The summed E-state index contributed by atoms with van der Waals surface area (Å²) in [5.41, 5.74) is 2.12. The van der Waals surface area contributed by atoms with Gasteiger partial charge in [0.1, 0.15) is 40.3 Å². The number of aryl methyl sites for hydroxylation is 1. The predicted molar refractivity (Wildman–Crippen MR) is 214 cm³/mol. The van der Waals surface area contributed by atoms with E-state index in [0.717, 1.165) is 41.3 Å². The minimum atomic E-state index is -4.69. The lowest BCUT2D eigenvalue weighted by atomic mass is 10.0. The van der Waals surface area contributed by atoms with Gasteiger partial charge in [0, 0.05) is 18.9 Å². The fraction of sp³-hybridized carbons (Fsp3) is 0.341. The van der Waals surface area contributed by atoms with Gasteiger partial charge in [-0.1, -0.05) is 72.6 Å². The van der Waals surface area contributed by atoms with Crippen LogP contribution < -0.4 is 19.5 Å². The van der Waals surface area contributed by atoms with E-state index in [0.29, 0.717) is 23.7 Å². The third kappa shape index (κ3) is 11.4. The molecule has 2 N–H and O–H groups in total. The van der Waals surface area contributed by atoms with Gasteiger partial charge in [0.25, 0.3) is 21.6 Å². The second kappa shape index (κ2) is 18.1. The van der Waals surface area contributed by atoms with Gasteiger partial charge in [0.2, 0.25) is 5.91 Å². The summed E-state index contributed by atoms with van der Waals surface area (Å²) >= 11 is 5.88. The monoisotopic (exact) mass is 820 g/mol. The first-order valence-electron chi connectivity index (χ1n) is 18.3. The molecule has 0 saturated carbocycles. The molecule has 0 radical (unpaired) electrons. The van der Waals surface area contributed by atoms with Crippen LogP contribution >= 0.6 is 11.6 Å². The van der Waals surface area contributed by atoms with Gasteiger partial charge < -0.3 is 19.5 Å². The Bertz CT molecular complexity index is 2190. The number of rotatable bonds is 14. The lowest BCUT2D eigenvalue weighted by Gasteiger charge is -2.28. The Labute approximate surface area is 336 Å². The van der Waals surface area contributed by atoms with E-state index >= 15 is 0 Å². The Morgan fingerprint density at radius 3 is 2.16 bits per heavy atom. The maximum Gasteiger partial charge on any atom is 0.411 e. The van der Waals surface area contributed by atoms with Gasteiger partial charge in [-0.15, -0.1) is 0 Å². The highest BCUT2D eigenvalue weighted by atomic mass is 35.5. The molecule has 5 rings (SSSR count). The number of amides is 3. The lowest BCUT2D eigenvalue weighted by Crippen LogP contribution is -2.55. The lowest BCUT2D eigenvalue weighted by molar-refractivity contribution is -0.384. The van der Waals surface area contributed by atoms with Crippen molar-refractivity contribution >= 4 is 45.2 Å². The SMILES string of the molecule is CCCOc1ccc(C[C@H](NC(=O)[C@@H]2C[C@H](Oc3ccc(-c4ccc(C)cc4)cc3)CN2C(=O)OC(C)(C)C)C(=O)NS(=O)(=O)c2ccc(Cl)c([N+](=O)[O-])c2)cc1. The number of likely N-dealkylation sites (tertiary alicyclic amines) is 1. The van der Waals surface area contributed by atoms with Crippen molar-refractivity contribution in [3.05, 3.63) is 117 Å². The van der Waals surface area contributed by atoms with Crippen LogP contribution in [0.15, 0.2) is 95.9 Å². The smallest absolute Gasteiger partial charge is 0.411 e. The van der Waals surface area contributed by atoms with Gasteiger partial charge in [0.05, 0.1) is 23.0 Å². The third-order valence-electron chi connectivity index (χ3n) is 8.86. The molecule has 4 aromatic rings. The summed E-state index contributed by atoms with van der Waals surface area (Å²) in [7, 11) is -4.69. The summed E-state index contributed by atoms with van der Waals surface area (Å²) in [6.45, 7) is 9.51. The molecule has 4 aromatic carbocycles. The molecular formula is C41H45ClN4O10S. The topological polar surface area (TPSA) is 183 Å². The molecule has 57 heavy (non-hydrogen) atoms. The summed E-state index contributed by atoms with van der Waals surface area (Å²) < 4.78 is 46.2. The highest BCUT2D eigenvalue weighted by Gasteiger charge is 2.44. The molecule has 302 valence electrons. The first-order chi connectivity index (χ1) is 26.9. The zero-order valence-corrected chi connectivity index (χ0v) is 33.8. The second-order valence-corrected chi connectivity index (χ2v) is 16.7. The molecule has 3 atom stereocenters. The van der Waals surface area contributed by atoms with E-state index in [4.69, 9.17) is 25.8 Å². The third-order valence-corrected chi connectivity index (χ3v) is 10.5. The molecule has 16 heteroatoms. The zero-order chi connectivity index (χ0) is 41.5. The molecule has 0 aromatic heterocycles. The van der Waals surface area contributed by atoms with Crippen LogP contribution in [0.25, 0.3) is 11.1 Å². The van der Waals surface area contributed by atoms with Crippen LogP contribution in [-0.4, -0.2) is 73.1 Å². The van der Waals surface area contributed by atoms with Gasteiger partial charge in [-0.25, -0.2) is 17.9 Å². The second-order valence-electron chi connectivity index (χ2n) is 14.6. The van der Waals surface area contributed by atoms with Crippen molar-refractivity contribution in [2.24, 2.45) is 0 Å². The Hall–Kier alpha value is -5.67. The number of carbonyl (C=O) groups excluding carboxylic acids is 3. The number of nitrogens with zero attached hydrogens (tertiary/aromatic N) is 2. The predicted octanol–water partition coefficient (Wildman–Crippen LogP) is 7.00. The van der Waals surface area contributed by atoms with Crippen molar-refractivity contribution in [3.8, 4) is 22.6 Å². The van der Waals surface area contributed by atoms with E-state index in [9.17, 15) is 32.9 Å². The van der Waals surface area contributed by atoms with E-state index in [1.165, 1.54) is 4.90 Å². The number of ether oxygens (including phenoxy) is 3. The Kier molecular flexibility index (Phi) is 13.5. The summed E-state index contributed by atoms with van der Waals surface area (Å²) in [6, 6.07) is 22.3. The molecular weight excluding hydrogens is 776 g/mol. The number of benzene rings is 4. The highest BCUT2D eigenvalue weighted by Crippen LogP contribution is 2.29. The van der Waals surface area contributed by atoms with Gasteiger partial charge >= 0.3 is 6.09 Å². The number of nitro groups is 1. The molecule has 1 saturated heterocycles. The largest absolute Gasteiger partial charge is 0.494 e. The fourth-order valence-electron chi connectivity index (χ4n) is 6.03. The minimum Gasteiger partial charge on any atom is -0.494 e. The van der Waals surface area contributed by atoms with Crippen LogP contribution in [0.4, 0.5) is 10.5 Å². The molecule has 3 amide bonds. The summed E-state index contributed by atoms with van der Waals surface area (Å²) in [5.74, 6) is -0.801. The zero-order valence-electron chi connectivity index (χ0n) is 32.2. The number of halogens is 1. The normalized spacial score (nSPS) is 16.0. The van der Waals surface area contributed by atoms with E-state index in [1.807, 2.05) is 55.0 Å². The van der Waals surface area contributed by atoms with Crippen molar-refractivity contribution in [2.45, 2.75) is 82.6 Å². The average molecular weight is 821 g/mol. The maximum atomic E-state index is 14.2. The fourth-order valence-corrected chi connectivity index (χ4v) is 7.26.